The first kappa shape index (κ1) is 8.14. The molecule has 0 bridgehead atoms. The van der Waals surface area contributed by atoms with Crippen molar-refractivity contribution in [3.63, 3.8) is 0 Å². The van der Waals surface area contributed by atoms with Gasteiger partial charge >= 0.3 is 0 Å². The van der Waals surface area contributed by atoms with Crippen LogP contribution in [-0.4, -0.2) is 13.0 Å². The Morgan fingerprint density at radius 2 is 1.91 bits per heavy atom. The Labute approximate surface area is 71.0 Å². The Bertz CT molecular complexity index is 255. The van der Waals surface area contributed by atoms with Gasteiger partial charge in [-0.3, -0.25) is 4.79 Å². The number of thiol groups is 1. The zero-order valence-electron chi connectivity index (χ0n) is 6.16. The summed E-state index contributed by atoms with van der Waals surface area (Å²) in [5.74, 6) is -0.0710. The topological polar surface area (TPSA) is 29.1 Å². The van der Waals surface area contributed by atoms with E-state index in [1.54, 1.807) is 31.3 Å². The fraction of sp³-hybridized carbons (Fsp3) is 0.125. The van der Waals surface area contributed by atoms with Gasteiger partial charge in [0, 0.05) is 17.5 Å². The lowest BCUT2D eigenvalue weighted by atomic mass is 10.2. The van der Waals surface area contributed by atoms with Crippen LogP contribution in [0, 0.1) is 0 Å². The van der Waals surface area contributed by atoms with E-state index < -0.39 is 0 Å². The molecule has 1 rings (SSSR count). The first-order valence-electron chi connectivity index (χ1n) is 3.25. The van der Waals surface area contributed by atoms with E-state index in [0.29, 0.717) is 5.56 Å². The van der Waals surface area contributed by atoms with Crippen LogP contribution < -0.4 is 5.32 Å². The molecule has 1 N–H and O–H groups in total. The Kier molecular flexibility index (Phi) is 2.54. The van der Waals surface area contributed by atoms with Gasteiger partial charge in [0.05, 0.1) is 0 Å². The second-order valence-electron chi connectivity index (χ2n) is 2.13. The summed E-state index contributed by atoms with van der Waals surface area (Å²) in [6.07, 6.45) is 0. The van der Waals surface area contributed by atoms with Crippen molar-refractivity contribution in [2.45, 2.75) is 4.90 Å². The lowest BCUT2D eigenvalue weighted by Gasteiger charge is -1.98. The van der Waals surface area contributed by atoms with Gasteiger partial charge in [0.1, 0.15) is 0 Å². The predicted molar refractivity (Wildman–Crippen MR) is 47.1 cm³/mol. The maximum Gasteiger partial charge on any atom is 0.251 e. The second kappa shape index (κ2) is 3.44. The lowest BCUT2D eigenvalue weighted by molar-refractivity contribution is 0.0963. The Hall–Kier alpha value is -0.960. The molecule has 3 heteroatoms. The molecule has 0 atom stereocenters. The number of carbonyl (C=O) groups is 1. The minimum atomic E-state index is -0.0710. The minimum absolute atomic E-state index is 0.0710. The minimum Gasteiger partial charge on any atom is -0.355 e. The number of benzene rings is 1. The van der Waals surface area contributed by atoms with Crippen molar-refractivity contribution in [2.24, 2.45) is 0 Å². The zero-order chi connectivity index (χ0) is 8.27. The van der Waals surface area contributed by atoms with Crippen LogP contribution in [0.2, 0.25) is 0 Å². The standard InChI is InChI=1S/C8H9NOS/c1-9-8(10)6-2-4-7(11)5-3-6/h2-5,11H,1H3,(H,9,10). The van der Waals surface area contributed by atoms with Crippen LogP contribution in [0.5, 0.6) is 0 Å². The smallest absolute Gasteiger partial charge is 0.251 e. The number of hydrogen-bond acceptors (Lipinski definition) is 2. The molecule has 0 radical (unpaired) electrons. The first-order valence-corrected chi connectivity index (χ1v) is 3.70. The summed E-state index contributed by atoms with van der Waals surface area (Å²) in [5, 5.41) is 2.54. The highest BCUT2D eigenvalue weighted by Gasteiger charge is 1.99. The van der Waals surface area contributed by atoms with Crippen molar-refractivity contribution in [3.05, 3.63) is 29.8 Å². The van der Waals surface area contributed by atoms with Gasteiger partial charge in [-0.05, 0) is 24.3 Å². The van der Waals surface area contributed by atoms with Gasteiger partial charge in [0.2, 0.25) is 0 Å². The van der Waals surface area contributed by atoms with Crippen LogP contribution >= 0.6 is 12.6 Å². The Morgan fingerprint density at radius 3 is 2.36 bits per heavy atom. The average molecular weight is 167 g/mol. The molecule has 0 fully saturated rings. The average Bonchev–Trinajstić information content (AvgIpc) is 2.05. The largest absolute Gasteiger partial charge is 0.355 e. The van der Waals surface area contributed by atoms with Crippen LogP contribution in [0.1, 0.15) is 10.4 Å². The van der Waals surface area contributed by atoms with Gasteiger partial charge in [0.25, 0.3) is 5.91 Å². The van der Waals surface area contributed by atoms with Crippen molar-refractivity contribution in [2.75, 3.05) is 7.05 Å². The van der Waals surface area contributed by atoms with Crippen LogP contribution in [-0.2, 0) is 0 Å². The normalized spacial score (nSPS) is 9.27. The summed E-state index contributed by atoms with van der Waals surface area (Å²) in [6.45, 7) is 0. The third-order valence-corrected chi connectivity index (χ3v) is 1.65. The molecule has 0 aliphatic rings. The molecule has 0 aromatic heterocycles. The van der Waals surface area contributed by atoms with E-state index in [4.69, 9.17) is 0 Å². The molecule has 0 saturated heterocycles. The van der Waals surface area contributed by atoms with Crippen LogP contribution in [0.15, 0.2) is 29.2 Å². The molecular formula is C8H9NOS. The van der Waals surface area contributed by atoms with Gasteiger partial charge in [-0.2, -0.15) is 0 Å². The summed E-state index contributed by atoms with van der Waals surface area (Å²) in [5.41, 5.74) is 0.658. The second-order valence-corrected chi connectivity index (χ2v) is 2.64. The third-order valence-electron chi connectivity index (χ3n) is 1.36. The van der Waals surface area contributed by atoms with Crippen LogP contribution in [0.3, 0.4) is 0 Å². The molecule has 0 unspecified atom stereocenters. The third kappa shape index (κ3) is 1.98. The van der Waals surface area contributed by atoms with E-state index in [-0.39, 0.29) is 5.91 Å². The van der Waals surface area contributed by atoms with Crippen LogP contribution in [0.4, 0.5) is 0 Å². The molecule has 58 valence electrons. The molecule has 0 saturated carbocycles. The summed E-state index contributed by atoms with van der Waals surface area (Å²) >= 11 is 4.10. The summed E-state index contributed by atoms with van der Waals surface area (Å²) in [4.78, 5) is 11.8. The zero-order valence-corrected chi connectivity index (χ0v) is 7.06. The molecule has 1 aromatic rings. The monoisotopic (exact) mass is 167 g/mol. The van der Waals surface area contributed by atoms with Gasteiger partial charge in [-0.1, -0.05) is 0 Å². The molecule has 1 amide bonds. The highest BCUT2D eigenvalue weighted by atomic mass is 32.1. The van der Waals surface area contributed by atoms with E-state index in [1.165, 1.54) is 0 Å². The number of rotatable bonds is 1. The van der Waals surface area contributed by atoms with Crippen molar-refractivity contribution in [3.8, 4) is 0 Å². The van der Waals surface area contributed by atoms with E-state index in [1.807, 2.05) is 0 Å². The van der Waals surface area contributed by atoms with Gasteiger partial charge in [-0.15, -0.1) is 12.6 Å². The molecule has 1 aromatic carbocycles. The Balaban J connectivity index is 2.90. The van der Waals surface area contributed by atoms with E-state index in [2.05, 4.69) is 17.9 Å². The fourth-order valence-corrected chi connectivity index (χ4v) is 0.906. The lowest BCUT2D eigenvalue weighted by Crippen LogP contribution is -2.17. The van der Waals surface area contributed by atoms with E-state index >= 15 is 0 Å². The summed E-state index contributed by atoms with van der Waals surface area (Å²) in [6, 6.07) is 7.05. The fourth-order valence-electron chi connectivity index (χ4n) is 0.757. The van der Waals surface area contributed by atoms with E-state index in [9.17, 15) is 4.79 Å². The van der Waals surface area contributed by atoms with Gasteiger partial charge < -0.3 is 5.32 Å². The maximum absolute atomic E-state index is 11.0. The van der Waals surface area contributed by atoms with Gasteiger partial charge in [0.15, 0.2) is 0 Å². The number of amides is 1. The Morgan fingerprint density at radius 1 is 1.36 bits per heavy atom. The molecule has 0 aliphatic carbocycles. The van der Waals surface area contributed by atoms with Crippen molar-refractivity contribution < 1.29 is 4.79 Å². The number of carbonyl (C=O) groups excluding carboxylic acids is 1. The highest BCUT2D eigenvalue weighted by Crippen LogP contribution is 2.06. The molecule has 2 nitrogen and oxygen atoms in total. The SMILES string of the molecule is CNC(=O)c1ccc(S)cc1. The van der Waals surface area contributed by atoms with Gasteiger partial charge in [-0.25, -0.2) is 0 Å². The van der Waals surface area contributed by atoms with Crippen molar-refractivity contribution in [1.82, 2.24) is 5.32 Å². The number of nitrogens with one attached hydrogen (secondary N) is 1. The molecule has 0 heterocycles. The van der Waals surface area contributed by atoms with Crippen LogP contribution in [0.25, 0.3) is 0 Å². The van der Waals surface area contributed by atoms with Crippen molar-refractivity contribution >= 4 is 18.5 Å². The quantitative estimate of drug-likeness (QED) is 0.607. The predicted octanol–water partition coefficient (Wildman–Crippen LogP) is 1.33. The molecule has 11 heavy (non-hydrogen) atoms. The molecule has 0 aliphatic heterocycles. The van der Waals surface area contributed by atoms with E-state index in [0.717, 1.165) is 4.90 Å². The maximum atomic E-state index is 11.0. The highest BCUT2D eigenvalue weighted by molar-refractivity contribution is 7.80. The number of hydrogen-bond donors (Lipinski definition) is 2. The molecular weight excluding hydrogens is 158 g/mol. The first-order chi connectivity index (χ1) is 5.24. The van der Waals surface area contributed by atoms with Crippen molar-refractivity contribution in [1.29, 1.82) is 0 Å². The molecule has 0 spiro atoms. The summed E-state index contributed by atoms with van der Waals surface area (Å²) in [7, 11) is 1.61. The summed E-state index contributed by atoms with van der Waals surface area (Å²) < 4.78 is 0.